The summed E-state index contributed by atoms with van der Waals surface area (Å²) in [4.78, 5) is 58.4. The molecule has 2 aliphatic rings. The molecule has 0 unspecified atom stereocenters. The van der Waals surface area contributed by atoms with Gasteiger partial charge in [0.2, 0.25) is 11.9 Å². The maximum atomic E-state index is 14.4. The number of rotatable bonds is 14. The number of hydrogen-bond donors (Lipinski definition) is 8. The zero-order valence-corrected chi connectivity index (χ0v) is 36.5. The van der Waals surface area contributed by atoms with Crippen LogP contribution in [0.1, 0.15) is 63.2 Å². The van der Waals surface area contributed by atoms with Crippen LogP contribution >= 0.6 is 0 Å². The quantitative estimate of drug-likeness (QED) is 0.0489. The number of halogens is 1. The number of aromatic amines is 3. The summed E-state index contributed by atoms with van der Waals surface area (Å²) in [6, 6.07) is 22.5. The lowest BCUT2D eigenvalue weighted by atomic mass is 9.86. The number of nitrogens with one attached hydrogen (secondary N) is 7. The van der Waals surface area contributed by atoms with E-state index >= 15 is 0 Å². The third-order valence-corrected chi connectivity index (χ3v) is 12.5. The number of fused-ring (bicyclic) bond motifs is 2. The minimum absolute atomic E-state index is 0.0952. The van der Waals surface area contributed by atoms with Gasteiger partial charge < -0.3 is 46.1 Å². The summed E-state index contributed by atoms with van der Waals surface area (Å²) < 4.78 is 13.8. The largest absolute Gasteiger partial charge is 0.396 e. The van der Waals surface area contributed by atoms with E-state index in [4.69, 9.17) is 19.9 Å². The van der Waals surface area contributed by atoms with Crippen molar-refractivity contribution in [3.63, 3.8) is 0 Å². The first kappa shape index (κ1) is 42.3. The van der Waals surface area contributed by atoms with Crippen molar-refractivity contribution < 1.29 is 19.1 Å². The number of nitrogens with zero attached hydrogens (tertiary/aromatic N) is 7. The van der Waals surface area contributed by atoms with Gasteiger partial charge in [0, 0.05) is 91.2 Å². The highest BCUT2D eigenvalue weighted by Gasteiger charge is 2.26. The van der Waals surface area contributed by atoms with E-state index in [1.807, 2.05) is 25.1 Å². The molecule has 0 spiro atoms. The standard InChI is InChI=1S/C48H49FN14O3/c1-27-23-38(61-60-27)55-48-57-44-40(46(59-48)52-32-11-3-28(26-64)4-12-32)37(25-51-44)42(66)30-7-13-33(14-8-30)53-45-39-36(41(65)29-5-9-31(49)10-6-29)24-50-43(39)56-47(58-45)54-34-15-17-35(18-16-34)63-21-19-62(2)20-22-63/h5-10,13-18,23-25,28,32,64H,3-4,11-12,19-22,26H2,1-2H3,(H3,50,53,54,56,58)(H4,51,52,55,57,59,60,61). The summed E-state index contributed by atoms with van der Waals surface area (Å²) in [5.74, 6) is 1.29. The molecule has 6 heterocycles. The number of benzene rings is 3. The van der Waals surface area contributed by atoms with Crippen LogP contribution in [0.2, 0.25) is 0 Å². The van der Waals surface area contributed by atoms with E-state index in [9.17, 15) is 19.1 Å². The van der Waals surface area contributed by atoms with E-state index in [0.29, 0.717) is 73.4 Å². The van der Waals surface area contributed by atoms with E-state index in [0.717, 1.165) is 68.9 Å². The summed E-state index contributed by atoms with van der Waals surface area (Å²) >= 11 is 0. The third-order valence-electron chi connectivity index (χ3n) is 12.5. The molecule has 66 heavy (non-hydrogen) atoms. The molecule has 5 aromatic heterocycles. The summed E-state index contributed by atoms with van der Waals surface area (Å²) in [6.45, 7) is 5.99. The van der Waals surface area contributed by atoms with Gasteiger partial charge in [0.1, 0.15) is 28.7 Å². The molecule has 0 radical (unpaired) electrons. The summed E-state index contributed by atoms with van der Waals surface area (Å²) in [7, 11) is 2.13. The number of H-pyrrole nitrogens is 3. The van der Waals surface area contributed by atoms with Gasteiger partial charge in [-0.25, -0.2) is 4.39 Å². The average molecular weight is 889 g/mol. The molecule has 0 amide bonds. The van der Waals surface area contributed by atoms with Crippen LogP contribution < -0.4 is 26.2 Å². The molecule has 3 aromatic carbocycles. The Kier molecular flexibility index (Phi) is 11.6. The minimum Gasteiger partial charge on any atom is -0.396 e. The van der Waals surface area contributed by atoms with Crippen molar-refractivity contribution in [1.29, 1.82) is 0 Å². The van der Waals surface area contributed by atoms with E-state index in [1.165, 1.54) is 24.3 Å². The Morgan fingerprint density at radius 3 is 1.88 bits per heavy atom. The van der Waals surface area contributed by atoms with Gasteiger partial charge in [-0.05, 0) is 118 Å². The maximum Gasteiger partial charge on any atom is 0.232 e. The lowest BCUT2D eigenvalue weighted by molar-refractivity contribution is 0.103. The fourth-order valence-corrected chi connectivity index (χ4v) is 8.71. The van der Waals surface area contributed by atoms with Gasteiger partial charge in [-0.15, -0.1) is 0 Å². The number of aromatic nitrogens is 8. The molecular formula is C48H49FN14O3. The molecule has 2 fully saturated rings. The number of piperazine rings is 1. The zero-order valence-electron chi connectivity index (χ0n) is 36.5. The number of carbonyl (C=O) groups is 2. The van der Waals surface area contributed by atoms with Crippen LogP contribution in [0.15, 0.2) is 91.3 Å². The zero-order chi connectivity index (χ0) is 45.3. The Labute approximate surface area is 378 Å². The second kappa shape index (κ2) is 18.1. The lowest BCUT2D eigenvalue weighted by Crippen LogP contribution is -2.44. The van der Waals surface area contributed by atoms with Crippen molar-refractivity contribution in [2.75, 3.05) is 66.0 Å². The number of likely N-dealkylation sites (N-methyl/N-ethyl adjacent to an activating group) is 1. The van der Waals surface area contributed by atoms with Crippen molar-refractivity contribution in [3.8, 4) is 0 Å². The molecule has 17 nitrogen and oxygen atoms in total. The first-order valence-corrected chi connectivity index (χ1v) is 22.1. The lowest BCUT2D eigenvalue weighted by Gasteiger charge is -2.34. The Hall–Kier alpha value is -7.70. The molecule has 10 rings (SSSR count). The van der Waals surface area contributed by atoms with E-state index in [-0.39, 0.29) is 36.1 Å². The van der Waals surface area contributed by atoms with Gasteiger partial charge >= 0.3 is 0 Å². The van der Waals surface area contributed by atoms with Crippen molar-refractivity contribution in [3.05, 3.63) is 125 Å². The molecule has 1 saturated carbocycles. The van der Waals surface area contributed by atoms with Crippen molar-refractivity contribution >= 4 is 80.0 Å². The van der Waals surface area contributed by atoms with E-state index in [1.54, 1.807) is 36.7 Å². The number of aryl methyl sites for hydroxylation is 1. The van der Waals surface area contributed by atoms with Gasteiger partial charge in [0.05, 0.1) is 21.9 Å². The molecular weight excluding hydrogens is 840 g/mol. The Bertz CT molecular complexity index is 3020. The average Bonchev–Trinajstić information content (AvgIpc) is 4.08. The first-order valence-electron chi connectivity index (χ1n) is 22.1. The van der Waals surface area contributed by atoms with Gasteiger partial charge in [0.15, 0.2) is 17.4 Å². The smallest absolute Gasteiger partial charge is 0.232 e. The van der Waals surface area contributed by atoms with Crippen molar-refractivity contribution in [2.45, 2.75) is 38.6 Å². The molecule has 18 heteroatoms. The molecule has 8 N–H and O–H groups in total. The topological polar surface area (TPSA) is 221 Å². The second-order valence-corrected chi connectivity index (χ2v) is 17.1. The van der Waals surface area contributed by atoms with Crippen LogP contribution in [-0.2, 0) is 0 Å². The van der Waals surface area contributed by atoms with Crippen LogP contribution in [-0.4, -0.2) is 108 Å². The molecule has 0 bridgehead atoms. The Morgan fingerprint density at radius 1 is 0.712 bits per heavy atom. The minimum atomic E-state index is -0.444. The summed E-state index contributed by atoms with van der Waals surface area (Å²) in [6.07, 6.45) is 6.72. The SMILES string of the molecule is Cc1cc(Nc2nc(NC3CCC(CO)CC3)c3c(C(=O)c4ccc(Nc5nc(Nc6ccc(N7CCN(C)CC7)cc6)nc6[nH]cc(C(=O)c7ccc(F)cc7)c56)cc4)c[nH]c3n2)n[nH]1. The molecule has 336 valence electrons. The van der Waals surface area contributed by atoms with Crippen molar-refractivity contribution in [1.82, 2.24) is 45.0 Å². The highest BCUT2D eigenvalue weighted by Crippen LogP contribution is 2.34. The van der Waals surface area contributed by atoms with E-state index < -0.39 is 5.82 Å². The number of hydrogen-bond acceptors (Lipinski definition) is 14. The highest BCUT2D eigenvalue weighted by molar-refractivity contribution is 6.19. The van der Waals surface area contributed by atoms with Crippen LogP contribution in [0.25, 0.3) is 22.1 Å². The first-order chi connectivity index (χ1) is 32.1. The van der Waals surface area contributed by atoms with Gasteiger partial charge in [0.25, 0.3) is 0 Å². The fraction of sp³-hybridized carbons (Fsp3) is 0.271. The Morgan fingerprint density at radius 2 is 1.27 bits per heavy atom. The predicted octanol–water partition coefficient (Wildman–Crippen LogP) is 7.81. The van der Waals surface area contributed by atoms with Crippen LogP contribution in [0, 0.1) is 18.7 Å². The molecule has 1 aliphatic heterocycles. The molecule has 0 atom stereocenters. The Balaban J connectivity index is 0.940. The number of aliphatic hydroxyl groups is 1. The predicted molar refractivity (Wildman–Crippen MR) is 253 cm³/mol. The summed E-state index contributed by atoms with van der Waals surface area (Å²) in [5, 5.41) is 31.4. The van der Waals surface area contributed by atoms with Crippen LogP contribution in [0.5, 0.6) is 0 Å². The maximum absolute atomic E-state index is 14.4. The molecule has 1 saturated heterocycles. The number of ketones is 2. The second-order valence-electron chi connectivity index (χ2n) is 17.1. The van der Waals surface area contributed by atoms with Crippen LogP contribution in [0.4, 0.5) is 50.8 Å². The van der Waals surface area contributed by atoms with Crippen LogP contribution in [0.3, 0.4) is 0 Å². The summed E-state index contributed by atoms with van der Waals surface area (Å²) in [5.41, 5.74) is 5.73. The number of anilines is 8. The number of carbonyl (C=O) groups excluding carboxylic acids is 2. The fourth-order valence-electron chi connectivity index (χ4n) is 8.71. The van der Waals surface area contributed by atoms with Gasteiger partial charge in [-0.1, -0.05) is 0 Å². The molecule has 8 aromatic rings. The third kappa shape index (κ3) is 8.87. The van der Waals surface area contributed by atoms with E-state index in [2.05, 4.69) is 70.4 Å². The highest BCUT2D eigenvalue weighted by atomic mass is 19.1. The van der Waals surface area contributed by atoms with Gasteiger partial charge in [-0.2, -0.15) is 25.0 Å². The van der Waals surface area contributed by atoms with Crippen molar-refractivity contribution in [2.24, 2.45) is 5.92 Å². The monoisotopic (exact) mass is 888 g/mol. The number of aliphatic hydroxyl groups excluding tert-OH is 1. The van der Waals surface area contributed by atoms with Gasteiger partial charge in [-0.3, -0.25) is 14.7 Å². The normalized spacial score (nSPS) is 16.7. The molecule has 1 aliphatic carbocycles.